The number of fused-ring (bicyclic) bond motifs is 1. The number of hydrogen-bond donors (Lipinski definition) is 0. The van der Waals surface area contributed by atoms with Crippen molar-refractivity contribution in [1.29, 1.82) is 0 Å². The van der Waals surface area contributed by atoms with Gasteiger partial charge in [-0.15, -0.1) is 0 Å². The van der Waals surface area contributed by atoms with Gasteiger partial charge in [-0.3, -0.25) is 4.99 Å². The first-order valence-corrected chi connectivity index (χ1v) is 4.34. The molecule has 0 aromatic carbocycles. The highest BCUT2D eigenvalue weighted by Gasteiger charge is 2.17. The second-order valence-electron chi connectivity index (χ2n) is 2.94. The molecule has 1 atom stereocenters. The van der Waals surface area contributed by atoms with Crippen molar-refractivity contribution >= 4 is 17.3 Å². The first-order valence-electron chi connectivity index (χ1n) is 3.96. The molecule has 0 spiro atoms. The number of nitrogens with zero attached hydrogens (tertiary/aromatic N) is 1. The molecule has 1 aliphatic carbocycles. The summed E-state index contributed by atoms with van der Waals surface area (Å²) in [4.78, 5) is 4.41. The topological polar surface area (TPSA) is 12.4 Å². The van der Waals surface area contributed by atoms with Crippen LogP contribution < -0.4 is 0 Å². The molecule has 2 aliphatic rings. The van der Waals surface area contributed by atoms with E-state index in [9.17, 15) is 0 Å². The maximum absolute atomic E-state index is 5.86. The van der Waals surface area contributed by atoms with Crippen LogP contribution in [0.5, 0.6) is 0 Å². The van der Waals surface area contributed by atoms with Gasteiger partial charge >= 0.3 is 0 Å². The number of hydrogen-bond acceptors (Lipinski definition) is 1. The molecule has 0 fully saturated rings. The Morgan fingerprint density at radius 3 is 3.27 bits per heavy atom. The number of halogens is 1. The minimum atomic E-state index is 0.501. The standard InChI is InChI=1S/C9H10ClN/c10-8-3-4-9-7(6-8)2-1-5-11-9/h3-4,6-7H,1-2,5H2. The average molecular weight is 168 g/mol. The Hall–Kier alpha value is -0.560. The summed E-state index contributed by atoms with van der Waals surface area (Å²) in [6, 6.07) is 0. The number of allylic oxidation sites excluding steroid dienone is 4. The van der Waals surface area contributed by atoms with Gasteiger partial charge in [0, 0.05) is 23.2 Å². The normalized spacial score (nSPS) is 29.0. The summed E-state index contributed by atoms with van der Waals surface area (Å²) in [5.41, 5.74) is 1.21. The highest BCUT2D eigenvalue weighted by molar-refractivity contribution is 6.32. The van der Waals surface area contributed by atoms with Crippen LogP contribution in [0.3, 0.4) is 0 Å². The zero-order valence-corrected chi connectivity index (χ0v) is 7.01. The van der Waals surface area contributed by atoms with Gasteiger partial charge in [-0.1, -0.05) is 17.7 Å². The van der Waals surface area contributed by atoms with Gasteiger partial charge in [-0.2, -0.15) is 0 Å². The Bertz CT molecular complexity index is 250. The third-order valence-electron chi connectivity index (χ3n) is 2.12. The zero-order chi connectivity index (χ0) is 7.68. The third kappa shape index (κ3) is 1.38. The molecule has 58 valence electrons. The van der Waals surface area contributed by atoms with E-state index in [2.05, 4.69) is 11.1 Å². The predicted octanol–water partition coefficient (Wildman–Crippen LogP) is 2.53. The SMILES string of the molecule is ClC1=CC2CCCN=C2C=C1. The molecular weight excluding hydrogens is 158 g/mol. The van der Waals surface area contributed by atoms with E-state index < -0.39 is 0 Å². The second kappa shape index (κ2) is 2.82. The van der Waals surface area contributed by atoms with E-state index in [1.54, 1.807) is 0 Å². The van der Waals surface area contributed by atoms with E-state index >= 15 is 0 Å². The summed E-state index contributed by atoms with van der Waals surface area (Å²) in [5.74, 6) is 0.501. The maximum atomic E-state index is 5.86. The van der Waals surface area contributed by atoms with Gasteiger partial charge in [0.05, 0.1) is 0 Å². The minimum Gasteiger partial charge on any atom is -0.289 e. The van der Waals surface area contributed by atoms with Crippen molar-refractivity contribution in [2.24, 2.45) is 10.9 Å². The van der Waals surface area contributed by atoms with Crippen LogP contribution >= 0.6 is 11.6 Å². The second-order valence-corrected chi connectivity index (χ2v) is 3.38. The highest BCUT2D eigenvalue weighted by Crippen LogP contribution is 2.24. The fourth-order valence-electron chi connectivity index (χ4n) is 1.54. The Morgan fingerprint density at radius 2 is 2.36 bits per heavy atom. The molecule has 0 saturated carbocycles. The van der Waals surface area contributed by atoms with Crippen LogP contribution in [-0.4, -0.2) is 12.3 Å². The van der Waals surface area contributed by atoms with Crippen LogP contribution in [0.1, 0.15) is 12.8 Å². The Labute approximate surface area is 71.5 Å². The van der Waals surface area contributed by atoms with E-state index in [0.29, 0.717) is 5.92 Å². The molecule has 1 aliphatic heterocycles. The average Bonchev–Trinajstić information content (AvgIpc) is 2.04. The first-order chi connectivity index (χ1) is 5.36. The van der Waals surface area contributed by atoms with E-state index in [1.165, 1.54) is 18.6 Å². The summed E-state index contributed by atoms with van der Waals surface area (Å²) in [6.07, 6.45) is 8.45. The van der Waals surface area contributed by atoms with Gasteiger partial charge in [-0.25, -0.2) is 0 Å². The maximum Gasteiger partial charge on any atom is 0.0418 e. The van der Waals surface area contributed by atoms with Crippen LogP contribution in [0.2, 0.25) is 0 Å². The molecule has 0 saturated heterocycles. The monoisotopic (exact) mass is 167 g/mol. The van der Waals surface area contributed by atoms with E-state index in [1.807, 2.05) is 12.2 Å². The van der Waals surface area contributed by atoms with Crippen LogP contribution in [-0.2, 0) is 0 Å². The highest BCUT2D eigenvalue weighted by atomic mass is 35.5. The summed E-state index contributed by atoms with van der Waals surface area (Å²) < 4.78 is 0. The van der Waals surface area contributed by atoms with Crippen molar-refractivity contribution in [3.8, 4) is 0 Å². The van der Waals surface area contributed by atoms with Gasteiger partial charge in [0.1, 0.15) is 0 Å². The minimum absolute atomic E-state index is 0.501. The zero-order valence-electron chi connectivity index (χ0n) is 6.26. The lowest BCUT2D eigenvalue weighted by atomic mass is 9.91. The molecule has 0 bridgehead atoms. The summed E-state index contributed by atoms with van der Waals surface area (Å²) in [6.45, 7) is 0.988. The largest absolute Gasteiger partial charge is 0.289 e. The Balaban J connectivity index is 2.28. The molecule has 1 heterocycles. The first kappa shape index (κ1) is 7.11. The molecule has 2 rings (SSSR count). The Kier molecular flexibility index (Phi) is 1.82. The summed E-state index contributed by atoms with van der Waals surface area (Å²) in [7, 11) is 0. The molecular formula is C9H10ClN. The molecule has 1 nitrogen and oxygen atoms in total. The van der Waals surface area contributed by atoms with E-state index in [-0.39, 0.29) is 0 Å². The van der Waals surface area contributed by atoms with Crippen molar-refractivity contribution in [1.82, 2.24) is 0 Å². The molecule has 1 unspecified atom stereocenters. The molecule has 0 aromatic rings. The lowest BCUT2D eigenvalue weighted by Crippen LogP contribution is -2.17. The molecule has 2 heteroatoms. The van der Waals surface area contributed by atoms with Crippen molar-refractivity contribution in [2.45, 2.75) is 12.8 Å². The van der Waals surface area contributed by atoms with Crippen molar-refractivity contribution in [3.63, 3.8) is 0 Å². The molecule has 0 N–H and O–H groups in total. The third-order valence-corrected chi connectivity index (χ3v) is 2.37. The van der Waals surface area contributed by atoms with Crippen molar-refractivity contribution < 1.29 is 0 Å². The fourth-order valence-corrected chi connectivity index (χ4v) is 1.76. The quantitative estimate of drug-likeness (QED) is 0.526. The van der Waals surface area contributed by atoms with Crippen molar-refractivity contribution in [3.05, 3.63) is 23.3 Å². The summed E-state index contributed by atoms with van der Waals surface area (Å²) in [5, 5.41) is 0.857. The molecule has 0 amide bonds. The van der Waals surface area contributed by atoms with Gasteiger partial charge in [0.25, 0.3) is 0 Å². The van der Waals surface area contributed by atoms with Gasteiger partial charge < -0.3 is 0 Å². The van der Waals surface area contributed by atoms with Crippen LogP contribution in [0.15, 0.2) is 28.3 Å². The van der Waals surface area contributed by atoms with Gasteiger partial charge in [-0.05, 0) is 25.0 Å². The lowest BCUT2D eigenvalue weighted by molar-refractivity contribution is 0.651. The van der Waals surface area contributed by atoms with Crippen molar-refractivity contribution in [2.75, 3.05) is 6.54 Å². The van der Waals surface area contributed by atoms with Gasteiger partial charge in [0.15, 0.2) is 0 Å². The summed E-state index contributed by atoms with van der Waals surface area (Å²) >= 11 is 5.86. The number of rotatable bonds is 0. The van der Waals surface area contributed by atoms with Crippen LogP contribution in [0.4, 0.5) is 0 Å². The van der Waals surface area contributed by atoms with Gasteiger partial charge in [0.2, 0.25) is 0 Å². The molecule has 0 radical (unpaired) electrons. The lowest BCUT2D eigenvalue weighted by Gasteiger charge is -2.20. The predicted molar refractivity (Wildman–Crippen MR) is 48.1 cm³/mol. The Morgan fingerprint density at radius 1 is 1.45 bits per heavy atom. The number of aliphatic imine (C=N–C) groups is 1. The van der Waals surface area contributed by atoms with Crippen LogP contribution in [0, 0.1) is 5.92 Å². The molecule has 11 heavy (non-hydrogen) atoms. The van der Waals surface area contributed by atoms with E-state index in [0.717, 1.165) is 11.6 Å². The smallest absolute Gasteiger partial charge is 0.0418 e. The van der Waals surface area contributed by atoms with E-state index in [4.69, 9.17) is 11.6 Å². The fraction of sp³-hybridized carbons (Fsp3) is 0.444. The molecule has 0 aromatic heterocycles. The van der Waals surface area contributed by atoms with Crippen LogP contribution in [0.25, 0.3) is 0 Å².